The molecule has 3 atom stereocenters. The Bertz CT molecular complexity index is 425. The molecule has 4 nitrogen and oxygen atoms in total. The van der Waals surface area contributed by atoms with Crippen LogP contribution in [-0.4, -0.2) is 34.5 Å². The number of aliphatic carboxylic acids is 1. The van der Waals surface area contributed by atoms with Crippen LogP contribution in [0.3, 0.4) is 0 Å². The van der Waals surface area contributed by atoms with E-state index in [1.807, 2.05) is 12.2 Å². The number of hydrogen-bond acceptors (Lipinski definition) is 3. The van der Waals surface area contributed by atoms with E-state index in [0.717, 1.165) is 51.0 Å². The van der Waals surface area contributed by atoms with Gasteiger partial charge < -0.3 is 14.9 Å². The molecule has 1 fully saturated rings. The van der Waals surface area contributed by atoms with Crippen LogP contribution in [-0.2, 0) is 9.53 Å². The molecule has 1 aliphatic heterocycles. The molecule has 1 saturated heterocycles. The van der Waals surface area contributed by atoms with E-state index in [9.17, 15) is 9.90 Å². The van der Waals surface area contributed by atoms with Crippen molar-refractivity contribution in [2.75, 3.05) is 0 Å². The number of aliphatic hydroxyl groups is 1. The van der Waals surface area contributed by atoms with Gasteiger partial charge in [-0.1, -0.05) is 56.6 Å². The molecular formula is C20H32O4. The number of aliphatic hydroxyl groups excluding tert-OH is 1. The number of allylic oxidation sites excluding steroid dienone is 5. The van der Waals surface area contributed by atoms with Crippen molar-refractivity contribution >= 4 is 5.97 Å². The van der Waals surface area contributed by atoms with E-state index in [2.05, 4.69) is 13.0 Å². The molecule has 2 N–H and O–H groups in total. The SMILES string of the molecule is CCCCCC(O)CCC1OC1CCC/C=C/C=C/C=C/C(=O)O. The number of epoxide rings is 1. The van der Waals surface area contributed by atoms with E-state index in [-0.39, 0.29) is 6.10 Å². The van der Waals surface area contributed by atoms with E-state index in [1.54, 1.807) is 6.08 Å². The molecular weight excluding hydrogens is 304 g/mol. The minimum Gasteiger partial charge on any atom is -0.478 e. The van der Waals surface area contributed by atoms with E-state index in [1.165, 1.54) is 18.9 Å². The maximum absolute atomic E-state index is 10.2. The van der Waals surface area contributed by atoms with Crippen molar-refractivity contribution in [1.29, 1.82) is 0 Å². The molecule has 0 radical (unpaired) electrons. The summed E-state index contributed by atoms with van der Waals surface area (Å²) in [5.74, 6) is -0.934. The molecule has 1 aliphatic rings. The molecule has 0 spiro atoms. The predicted molar refractivity (Wildman–Crippen MR) is 97.0 cm³/mol. The Morgan fingerprint density at radius 1 is 1.04 bits per heavy atom. The van der Waals surface area contributed by atoms with Crippen LogP contribution in [0.25, 0.3) is 0 Å². The van der Waals surface area contributed by atoms with Crippen molar-refractivity contribution in [3.63, 3.8) is 0 Å². The number of carboxylic acids is 1. The molecule has 0 aromatic rings. The van der Waals surface area contributed by atoms with Gasteiger partial charge in [-0.25, -0.2) is 4.79 Å². The van der Waals surface area contributed by atoms with Gasteiger partial charge in [-0.2, -0.15) is 0 Å². The van der Waals surface area contributed by atoms with Gasteiger partial charge in [0.25, 0.3) is 0 Å². The number of carboxylic acid groups (broad SMARTS) is 1. The van der Waals surface area contributed by atoms with Crippen LogP contribution in [0, 0.1) is 0 Å². The highest BCUT2D eigenvalue weighted by molar-refractivity contribution is 5.80. The van der Waals surface area contributed by atoms with E-state index >= 15 is 0 Å². The van der Waals surface area contributed by atoms with Crippen molar-refractivity contribution in [1.82, 2.24) is 0 Å². The first-order valence-electron chi connectivity index (χ1n) is 9.19. The molecule has 136 valence electrons. The molecule has 24 heavy (non-hydrogen) atoms. The summed E-state index contributed by atoms with van der Waals surface area (Å²) >= 11 is 0. The Balaban J connectivity index is 1.96. The Kier molecular flexibility index (Phi) is 11.2. The third-order valence-corrected chi connectivity index (χ3v) is 4.18. The molecule has 0 aromatic heterocycles. The Morgan fingerprint density at radius 2 is 1.79 bits per heavy atom. The van der Waals surface area contributed by atoms with E-state index in [0.29, 0.717) is 12.2 Å². The highest BCUT2D eigenvalue weighted by Crippen LogP contribution is 2.31. The first-order valence-corrected chi connectivity index (χ1v) is 9.19. The normalized spacial score (nSPS) is 21.9. The Labute approximate surface area is 145 Å². The standard InChI is InChI=1S/C20H32O4/c1-2-3-9-12-17(21)15-16-19-18(24-19)13-10-7-5-4-6-8-11-14-20(22)23/h4-6,8,11,14,17-19,21H,2-3,7,9-10,12-13,15-16H2,1H3,(H,22,23)/b5-4+,8-6+,14-11+. The van der Waals surface area contributed by atoms with Gasteiger partial charge in [0.1, 0.15) is 0 Å². The molecule has 0 saturated carbocycles. The lowest BCUT2D eigenvalue weighted by Gasteiger charge is -2.08. The zero-order chi connectivity index (χ0) is 17.6. The quantitative estimate of drug-likeness (QED) is 0.213. The molecule has 0 aromatic carbocycles. The summed E-state index contributed by atoms with van der Waals surface area (Å²) in [5.41, 5.74) is 0. The smallest absolute Gasteiger partial charge is 0.328 e. The van der Waals surface area contributed by atoms with Gasteiger partial charge in [0.2, 0.25) is 0 Å². The van der Waals surface area contributed by atoms with Crippen LogP contribution >= 0.6 is 0 Å². The number of carbonyl (C=O) groups is 1. The van der Waals surface area contributed by atoms with Crippen LogP contribution in [0.5, 0.6) is 0 Å². The fourth-order valence-electron chi connectivity index (χ4n) is 2.70. The first-order chi connectivity index (χ1) is 11.6. The van der Waals surface area contributed by atoms with Gasteiger partial charge in [-0.3, -0.25) is 0 Å². The minimum atomic E-state index is -0.934. The number of hydrogen-bond donors (Lipinski definition) is 2. The lowest BCUT2D eigenvalue weighted by atomic mass is 10.0. The Hall–Kier alpha value is -1.39. The summed E-state index contributed by atoms with van der Waals surface area (Å²) in [4.78, 5) is 10.2. The number of rotatable bonds is 14. The molecule has 0 aliphatic carbocycles. The summed E-state index contributed by atoms with van der Waals surface area (Å²) in [6.07, 6.45) is 20.2. The average Bonchev–Trinajstić information content (AvgIpc) is 3.30. The third kappa shape index (κ3) is 11.2. The summed E-state index contributed by atoms with van der Waals surface area (Å²) in [5, 5.41) is 18.3. The monoisotopic (exact) mass is 336 g/mol. The van der Waals surface area contributed by atoms with Crippen LogP contribution in [0.4, 0.5) is 0 Å². The molecule has 0 bridgehead atoms. The summed E-state index contributed by atoms with van der Waals surface area (Å²) in [6, 6.07) is 0. The second-order valence-corrected chi connectivity index (χ2v) is 6.38. The second-order valence-electron chi connectivity index (χ2n) is 6.38. The lowest BCUT2D eigenvalue weighted by Crippen LogP contribution is -2.08. The topological polar surface area (TPSA) is 70.1 Å². The van der Waals surface area contributed by atoms with Crippen molar-refractivity contribution in [3.05, 3.63) is 36.5 Å². The van der Waals surface area contributed by atoms with E-state index < -0.39 is 5.97 Å². The van der Waals surface area contributed by atoms with Crippen LogP contribution in [0.2, 0.25) is 0 Å². The summed E-state index contributed by atoms with van der Waals surface area (Å²) in [7, 11) is 0. The molecule has 1 heterocycles. The number of unbranched alkanes of at least 4 members (excludes halogenated alkanes) is 3. The molecule has 3 unspecified atom stereocenters. The van der Waals surface area contributed by atoms with Crippen LogP contribution in [0.1, 0.15) is 64.7 Å². The summed E-state index contributed by atoms with van der Waals surface area (Å²) < 4.78 is 5.66. The van der Waals surface area contributed by atoms with E-state index in [4.69, 9.17) is 9.84 Å². The van der Waals surface area contributed by atoms with Crippen molar-refractivity contribution < 1.29 is 19.7 Å². The largest absolute Gasteiger partial charge is 0.478 e. The van der Waals surface area contributed by atoms with Crippen molar-refractivity contribution in [2.24, 2.45) is 0 Å². The zero-order valence-corrected chi connectivity index (χ0v) is 14.8. The maximum Gasteiger partial charge on any atom is 0.328 e. The third-order valence-electron chi connectivity index (χ3n) is 4.18. The average molecular weight is 336 g/mol. The number of ether oxygens (including phenoxy) is 1. The van der Waals surface area contributed by atoms with Crippen molar-refractivity contribution in [2.45, 2.75) is 83.0 Å². The van der Waals surface area contributed by atoms with Crippen LogP contribution < -0.4 is 0 Å². The second kappa shape index (κ2) is 13.0. The van der Waals surface area contributed by atoms with Crippen LogP contribution in [0.15, 0.2) is 36.5 Å². The van der Waals surface area contributed by atoms with Crippen molar-refractivity contribution in [3.8, 4) is 0 Å². The van der Waals surface area contributed by atoms with Gasteiger partial charge in [-0.15, -0.1) is 0 Å². The molecule has 1 rings (SSSR count). The van der Waals surface area contributed by atoms with Gasteiger partial charge in [0.05, 0.1) is 18.3 Å². The molecule has 4 heteroatoms. The highest BCUT2D eigenvalue weighted by Gasteiger charge is 2.37. The minimum absolute atomic E-state index is 0.161. The highest BCUT2D eigenvalue weighted by atomic mass is 16.6. The predicted octanol–water partition coefficient (Wildman–Crippen LogP) is 4.40. The van der Waals surface area contributed by atoms with Gasteiger partial charge in [0, 0.05) is 6.08 Å². The first kappa shape index (κ1) is 20.7. The maximum atomic E-state index is 10.2. The molecule has 0 amide bonds. The lowest BCUT2D eigenvalue weighted by molar-refractivity contribution is -0.131. The fourth-order valence-corrected chi connectivity index (χ4v) is 2.70. The fraction of sp³-hybridized carbons (Fsp3) is 0.650. The summed E-state index contributed by atoms with van der Waals surface area (Å²) in [6.45, 7) is 2.18. The van der Waals surface area contributed by atoms with Gasteiger partial charge >= 0.3 is 5.97 Å². The Morgan fingerprint density at radius 3 is 2.54 bits per heavy atom. The van der Waals surface area contributed by atoms with Gasteiger partial charge in [0.15, 0.2) is 0 Å². The van der Waals surface area contributed by atoms with Gasteiger partial charge in [-0.05, 0) is 38.5 Å². The zero-order valence-electron chi connectivity index (χ0n) is 14.8.